The molecule has 8 heteroatoms. The molecule has 0 aliphatic carbocycles. The molecule has 0 bridgehead atoms. The van der Waals surface area contributed by atoms with E-state index in [4.69, 9.17) is 0 Å². The summed E-state index contributed by atoms with van der Waals surface area (Å²) in [5.41, 5.74) is 1.78. The smallest absolute Gasteiger partial charge is 0.321 e. The van der Waals surface area contributed by atoms with E-state index in [2.05, 4.69) is 10.0 Å². The van der Waals surface area contributed by atoms with E-state index in [0.29, 0.717) is 18.7 Å². The van der Waals surface area contributed by atoms with Crippen molar-refractivity contribution in [1.82, 2.24) is 5.32 Å². The lowest BCUT2D eigenvalue weighted by atomic mass is 10.2. The Morgan fingerprint density at radius 3 is 2.54 bits per heavy atom. The molecule has 1 aliphatic heterocycles. The van der Waals surface area contributed by atoms with Gasteiger partial charge in [-0.05, 0) is 54.4 Å². The number of benzene rings is 2. The second-order valence-electron chi connectivity index (χ2n) is 5.36. The molecule has 0 saturated heterocycles. The van der Waals surface area contributed by atoms with Crippen molar-refractivity contribution in [3.63, 3.8) is 0 Å². The number of rotatable bonds is 3. The van der Waals surface area contributed by atoms with E-state index in [0.717, 1.165) is 5.56 Å². The number of fused-ring (bicyclic) bond motifs is 1. The van der Waals surface area contributed by atoms with Crippen molar-refractivity contribution in [3.8, 4) is 0 Å². The first-order chi connectivity index (χ1) is 11.4. The van der Waals surface area contributed by atoms with Crippen molar-refractivity contribution in [2.75, 3.05) is 23.2 Å². The first-order valence-corrected chi connectivity index (χ1v) is 8.79. The van der Waals surface area contributed by atoms with Crippen molar-refractivity contribution >= 4 is 27.4 Å². The number of sulfonamides is 1. The number of carbonyl (C=O) groups excluding carboxylic acids is 1. The van der Waals surface area contributed by atoms with Gasteiger partial charge in [0.2, 0.25) is 0 Å². The number of nitrogens with zero attached hydrogens (tertiary/aromatic N) is 1. The minimum atomic E-state index is -3.78. The summed E-state index contributed by atoms with van der Waals surface area (Å²) >= 11 is 0. The molecule has 3 rings (SSSR count). The third kappa shape index (κ3) is 3.05. The average molecular weight is 349 g/mol. The van der Waals surface area contributed by atoms with Crippen LogP contribution in [0.5, 0.6) is 0 Å². The summed E-state index contributed by atoms with van der Waals surface area (Å²) in [5, 5.41) is 2.56. The van der Waals surface area contributed by atoms with Gasteiger partial charge in [0.25, 0.3) is 10.0 Å². The number of urea groups is 1. The summed E-state index contributed by atoms with van der Waals surface area (Å²) < 4.78 is 40.2. The van der Waals surface area contributed by atoms with Crippen LogP contribution in [0.15, 0.2) is 47.4 Å². The maximum atomic E-state index is 12.9. The minimum Gasteiger partial charge on any atom is -0.341 e. The zero-order chi connectivity index (χ0) is 17.3. The Labute approximate surface area is 139 Å². The van der Waals surface area contributed by atoms with E-state index in [9.17, 15) is 17.6 Å². The third-order valence-corrected chi connectivity index (χ3v) is 5.19. The minimum absolute atomic E-state index is 0.101. The Hall–Kier alpha value is -2.61. The second-order valence-corrected chi connectivity index (χ2v) is 7.04. The largest absolute Gasteiger partial charge is 0.341 e. The summed E-state index contributed by atoms with van der Waals surface area (Å²) in [5.74, 6) is -0.440. The van der Waals surface area contributed by atoms with Gasteiger partial charge < -0.3 is 5.32 Å². The molecule has 0 unspecified atom stereocenters. The van der Waals surface area contributed by atoms with Crippen LogP contribution >= 0.6 is 0 Å². The monoisotopic (exact) mass is 349 g/mol. The van der Waals surface area contributed by atoms with Gasteiger partial charge in [-0.3, -0.25) is 9.62 Å². The van der Waals surface area contributed by atoms with Crippen LogP contribution in [-0.4, -0.2) is 28.0 Å². The summed E-state index contributed by atoms with van der Waals surface area (Å²) in [4.78, 5) is 13.5. The molecule has 1 heterocycles. The number of amides is 2. The molecule has 24 heavy (non-hydrogen) atoms. The highest BCUT2D eigenvalue weighted by Gasteiger charge is 2.26. The lowest BCUT2D eigenvalue weighted by molar-refractivity contribution is 0.248. The summed E-state index contributed by atoms with van der Waals surface area (Å²) in [6.07, 6.45) is 0.586. The molecule has 0 aromatic heterocycles. The van der Waals surface area contributed by atoms with Crippen LogP contribution in [0.25, 0.3) is 0 Å². The number of nitrogens with one attached hydrogen (secondary N) is 2. The van der Waals surface area contributed by atoms with Crippen molar-refractivity contribution < 1.29 is 17.6 Å². The highest BCUT2D eigenvalue weighted by molar-refractivity contribution is 7.92. The Morgan fingerprint density at radius 2 is 1.88 bits per heavy atom. The van der Waals surface area contributed by atoms with Gasteiger partial charge in [-0.1, -0.05) is 0 Å². The average Bonchev–Trinajstić information content (AvgIpc) is 2.99. The topological polar surface area (TPSA) is 78.5 Å². The molecule has 0 fully saturated rings. The van der Waals surface area contributed by atoms with Gasteiger partial charge in [-0.15, -0.1) is 0 Å². The number of carbonyl (C=O) groups is 1. The Kier molecular flexibility index (Phi) is 4.15. The maximum absolute atomic E-state index is 12.9. The highest BCUT2D eigenvalue weighted by Crippen LogP contribution is 2.30. The molecular weight excluding hydrogens is 333 g/mol. The van der Waals surface area contributed by atoms with Crippen molar-refractivity contribution in [3.05, 3.63) is 53.8 Å². The number of halogens is 1. The van der Waals surface area contributed by atoms with E-state index in [1.807, 2.05) is 0 Å². The van der Waals surface area contributed by atoms with Gasteiger partial charge in [0.15, 0.2) is 0 Å². The quantitative estimate of drug-likeness (QED) is 0.893. The van der Waals surface area contributed by atoms with Crippen LogP contribution < -0.4 is 14.9 Å². The molecule has 0 radical (unpaired) electrons. The van der Waals surface area contributed by atoms with E-state index < -0.39 is 15.8 Å². The molecule has 0 saturated carbocycles. The van der Waals surface area contributed by atoms with Crippen LogP contribution in [0.4, 0.5) is 20.6 Å². The van der Waals surface area contributed by atoms with Gasteiger partial charge in [-0.2, -0.15) is 0 Å². The molecule has 6 nitrogen and oxygen atoms in total. The van der Waals surface area contributed by atoms with E-state index >= 15 is 0 Å². The molecule has 2 aromatic rings. The Bertz CT molecular complexity index is 882. The standard InChI is InChI=1S/C16H16FN3O3S/c1-18-16(21)20-9-8-11-10-14(6-7-15(11)20)24(22,23)19-13-4-2-12(17)3-5-13/h2-7,10,19H,8-9H2,1H3,(H,18,21). The molecule has 2 N–H and O–H groups in total. The molecule has 126 valence electrons. The fraction of sp³-hybridized carbons (Fsp3) is 0.188. The fourth-order valence-electron chi connectivity index (χ4n) is 2.62. The molecular formula is C16H16FN3O3S. The predicted octanol–water partition coefficient (Wildman–Crippen LogP) is 2.33. The van der Waals surface area contributed by atoms with Gasteiger partial charge in [-0.25, -0.2) is 17.6 Å². The molecule has 0 atom stereocenters. The molecule has 2 amide bonds. The van der Waals surface area contributed by atoms with E-state index in [-0.39, 0.29) is 16.6 Å². The summed E-state index contributed by atoms with van der Waals surface area (Å²) in [7, 11) is -2.24. The maximum Gasteiger partial charge on any atom is 0.321 e. The van der Waals surface area contributed by atoms with Gasteiger partial charge in [0, 0.05) is 25.0 Å². The number of anilines is 2. The van der Waals surface area contributed by atoms with E-state index in [1.165, 1.54) is 30.3 Å². The Morgan fingerprint density at radius 1 is 1.17 bits per heavy atom. The lowest BCUT2D eigenvalue weighted by Gasteiger charge is -2.16. The first kappa shape index (κ1) is 16.3. The molecule has 0 spiro atoms. The summed E-state index contributed by atoms with van der Waals surface area (Å²) in [6.45, 7) is 0.504. The third-order valence-electron chi connectivity index (χ3n) is 3.81. The zero-order valence-electron chi connectivity index (χ0n) is 12.9. The highest BCUT2D eigenvalue weighted by atomic mass is 32.2. The molecule has 2 aromatic carbocycles. The fourth-order valence-corrected chi connectivity index (χ4v) is 3.73. The van der Waals surface area contributed by atoms with Crippen LogP contribution in [-0.2, 0) is 16.4 Å². The van der Waals surface area contributed by atoms with Gasteiger partial charge in [0.1, 0.15) is 5.82 Å². The normalized spacial score (nSPS) is 13.5. The van der Waals surface area contributed by atoms with Crippen molar-refractivity contribution in [2.24, 2.45) is 0 Å². The lowest BCUT2D eigenvalue weighted by Crippen LogP contribution is -2.36. The van der Waals surface area contributed by atoms with E-state index in [1.54, 1.807) is 24.1 Å². The van der Waals surface area contributed by atoms with Crippen LogP contribution in [0.3, 0.4) is 0 Å². The van der Waals surface area contributed by atoms with Crippen molar-refractivity contribution in [2.45, 2.75) is 11.3 Å². The number of hydrogen-bond acceptors (Lipinski definition) is 3. The van der Waals surface area contributed by atoms with Gasteiger partial charge in [0.05, 0.1) is 4.90 Å². The summed E-state index contributed by atoms with van der Waals surface area (Å²) in [6, 6.07) is 9.48. The van der Waals surface area contributed by atoms with Crippen molar-refractivity contribution in [1.29, 1.82) is 0 Å². The second kappa shape index (κ2) is 6.12. The number of hydrogen-bond donors (Lipinski definition) is 2. The van der Waals surface area contributed by atoms with Crippen LogP contribution in [0.2, 0.25) is 0 Å². The van der Waals surface area contributed by atoms with Gasteiger partial charge >= 0.3 is 6.03 Å². The Balaban J connectivity index is 1.87. The predicted molar refractivity (Wildman–Crippen MR) is 89.2 cm³/mol. The van der Waals surface area contributed by atoms with Crippen LogP contribution in [0.1, 0.15) is 5.56 Å². The first-order valence-electron chi connectivity index (χ1n) is 7.31. The molecule has 1 aliphatic rings. The SMILES string of the molecule is CNC(=O)N1CCc2cc(S(=O)(=O)Nc3ccc(F)cc3)ccc21. The zero-order valence-corrected chi connectivity index (χ0v) is 13.7. The van der Waals surface area contributed by atoms with Crippen LogP contribution in [0, 0.1) is 5.82 Å².